The predicted molar refractivity (Wildman–Crippen MR) is 23.3 cm³/mol. The van der Waals surface area contributed by atoms with Gasteiger partial charge in [0.05, 0.1) is 0 Å². The van der Waals surface area contributed by atoms with Gasteiger partial charge in [-0.25, -0.2) is 4.39 Å². The first kappa shape index (κ1) is 4.10. The Bertz CT molecular complexity index is 39.9. The van der Waals surface area contributed by atoms with E-state index in [2.05, 4.69) is 6.92 Å². The van der Waals surface area contributed by atoms with Crippen LogP contribution >= 0.6 is 0 Å². The van der Waals surface area contributed by atoms with Crippen molar-refractivity contribution in [1.82, 2.24) is 0 Å². The molecular weight excluding hydrogens is 79.1 g/mol. The van der Waals surface area contributed by atoms with Gasteiger partial charge in [0.25, 0.3) is 0 Å². The van der Waals surface area contributed by atoms with E-state index in [1.165, 1.54) is 0 Å². The maximum atomic E-state index is 11.8. The minimum Gasteiger partial charge on any atom is -0.247 e. The van der Waals surface area contributed by atoms with E-state index in [-0.39, 0.29) is 0 Å². The topological polar surface area (TPSA) is 0 Å². The Morgan fingerprint density at radius 2 is 2.00 bits per heavy atom. The molecule has 0 unspecified atom stereocenters. The van der Waals surface area contributed by atoms with Crippen LogP contribution in [0.15, 0.2) is 0 Å². The summed E-state index contributed by atoms with van der Waals surface area (Å²) in [4.78, 5) is 0. The van der Waals surface area contributed by atoms with Gasteiger partial charge in [0, 0.05) is 0 Å². The number of hydrogen-bond acceptors (Lipinski definition) is 0. The van der Waals surface area contributed by atoms with Gasteiger partial charge in [0.15, 0.2) is 0 Å². The molecule has 0 heterocycles. The summed E-state index contributed by atoms with van der Waals surface area (Å²) in [6.45, 7) is 2.08. The molecule has 0 aromatic rings. The third-order valence-electron chi connectivity index (χ3n) is 1.32. The van der Waals surface area contributed by atoms with Gasteiger partial charge in [-0.05, 0) is 18.8 Å². The van der Waals surface area contributed by atoms with E-state index >= 15 is 0 Å². The van der Waals surface area contributed by atoms with Gasteiger partial charge in [-0.3, -0.25) is 0 Å². The van der Waals surface area contributed by atoms with Crippen LogP contribution in [0.4, 0.5) is 4.39 Å². The normalized spacial score (nSPS) is 45.0. The van der Waals surface area contributed by atoms with E-state index in [9.17, 15) is 4.39 Å². The van der Waals surface area contributed by atoms with Gasteiger partial charge in [-0.1, -0.05) is 6.92 Å². The number of hydrogen-bond donors (Lipinski definition) is 0. The molecule has 0 amide bonds. The van der Waals surface area contributed by atoms with Gasteiger partial charge in [0.2, 0.25) is 0 Å². The Hall–Kier alpha value is -0.0700. The zero-order valence-electron chi connectivity index (χ0n) is 3.95. The molecule has 0 N–H and O–H groups in total. The highest BCUT2D eigenvalue weighted by Crippen LogP contribution is 2.28. The van der Waals surface area contributed by atoms with Gasteiger partial charge < -0.3 is 0 Å². The third-order valence-corrected chi connectivity index (χ3v) is 1.32. The molecule has 0 saturated heterocycles. The highest BCUT2D eigenvalue weighted by Gasteiger charge is 2.23. The summed E-state index contributed by atoms with van der Waals surface area (Å²) in [5.41, 5.74) is 0. The summed E-state index contributed by atoms with van der Waals surface area (Å²) in [5.74, 6) is 0.667. The molecule has 6 heavy (non-hydrogen) atoms. The smallest absolute Gasteiger partial charge is 0.101 e. The monoisotopic (exact) mass is 88.1 g/mol. The Morgan fingerprint density at radius 1 is 1.50 bits per heavy atom. The Kier molecular flexibility index (Phi) is 0.827. The van der Waals surface area contributed by atoms with Gasteiger partial charge in [-0.2, -0.15) is 0 Å². The van der Waals surface area contributed by atoms with Crippen molar-refractivity contribution in [3.8, 4) is 0 Å². The van der Waals surface area contributed by atoms with Gasteiger partial charge >= 0.3 is 0 Å². The molecule has 0 bridgehead atoms. The highest BCUT2D eigenvalue weighted by atomic mass is 19.1. The zero-order valence-corrected chi connectivity index (χ0v) is 3.95. The molecule has 1 saturated carbocycles. The molecular formula is C5H9F. The number of rotatable bonds is 0. The van der Waals surface area contributed by atoms with Crippen molar-refractivity contribution in [1.29, 1.82) is 0 Å². The fourth-order valence-electron chi connectivity index (χ4n) is 0.804. The van der Waals surface area contributed by atoms with Crippen LogP contribution in [0.1, 0.15) is 19.8 Å². The first-order valence-electron chi connectivity index (χ1n) is 2.43. The van der Waals surface area contributed by atoms with E-state index in [4.69, 9.17) is 0 Å². The standard InChI is InChI=1S/C5H9F/c1-4-2-5(6)3-4/h4-5H,2-3H2,1H3. The maximum Gasteiger partial charge on any atom is 0.101 e. The third kappa shape index (κ3) is 0.537. The number of alkyl halides is 1. The quantitative estimate of drug-likeness (QED) is 0.423. The molecule has 1 aliphatic rings. The van der Waals surface area contributed by atoms with Crippen LogP contribution in [0.5, 0.6) is 0 Å². The molecule has 0 atom stereocenters. The second-order valence-electron chi connectivity index (χ2n) is 2.17. The van der Waals surface area contributed by atoms with Crippen molar-refractivity contribution >= 4 is 0 Å². The van der Waals surface area contributed by atoms with Gasteiger partial charge in [0.1, 0.15) is 6.17 Å². The average Bonchev–Trinajstić information content (AvgIpc) is 1.33. The van der Waals surface area contributed by atoms with Crippen molar-refractivity contribution in [2.75, 3.05) is 0 Å². The van der Waals surface area contributed by atoms with E-state index in [1.54, 1.807) is 0 Å². The first-order chi connectivity index (χ1) is 2.79. The Balaban J connectivity index is 2.11. The minimum atomic E-state index is -0.458. The largest absolute Gasteiger partial charge is 0.247 e. The molecule has 36 valence electrons. The summed E-state index contributed by atoms with van der Waals surface area (Å²) in [6, 6.07) is 0. The van der Waals surface area contributed by atoms with Crippen molar-refractivity contribution in [3.05, 3.63) is 0 Å². The lowest BCUT2D eigenvalue weighted by atomic mass is 9.85. The summed E-state index contributed by atoms with van der Waals surface area (Å²) in [5, 5.41) is 0. The fraction of sp³-hybridized carbons (Fsp3) is 1.00. The van der Waals surface area contributed by atoms with Crippen LogP contribution in [0, 0.1) is 5.92 Å². The second-order valence-corrected chi connectivity index (χ2v) is 2.17. The van der Waals surface area contributed by atoms with E-state index < -0.39 is 6.17 Å². The number of halogens is 1. The van der Waals surface area contributed by atoms with E-state index in [1.807, 2.05) is 0 Å². The minimum absolute atomic E-state index is 0.458. The molecule has 0 radical (unpaired) electrons. The molecule has 1 aliphatic carbocycles. The highest BCUT2D eigenvalue weighted by molar-refractivity contribution is 4.74. The van der Waals surface area contributed by atoms with Crippen LogP contribution in [0.3, 0.4) is 0 Å². The molecule has 0 aromatic heterocycles. The summed E-state index contributed by atoms with van der Waals surface area (Å²) >= 11 is 0. The predicted octanol–water partition coefficient (Wildman–Crippen LogP) is 1.75. The fourth-order valence-corrected chi connectivity index (χ4v) is 0.804. The first-order valence-corrected chi connectivity index (χ1v) is 2.43. The molecule has 0 aliphatic heterocycles. The van der Waals surface area contributed by atoms with E-state index in [0.29, 0.717) is 5.92 Å². The van der Waals surface area contributed by atoms with Crippen molar-refractivity contribution < 1.29 is 4.39 Å². The van der Waals surface area contributed by atoms with Crippen LogP contribution in [-0.2, 0) is 0 Å². The lowest BCUT2D eigenvalue weighted by Gasteiger charge is -2.24. The Labute approximate surface area is 37.4 Å². The van der Waals surface area contributed by atoms with Crippen LogP contribution in [0.25, 0.3) is 0 Å². The van der Waals surface area contributed by atoms with Crippen molar-refractivity contribution in [2.45, 2.75) is 25.9 Å². The molecule has 0 nitrogen and oxygen atoms in total. The van der Waals surface area contributed by atoms with Crippen LogP contribution in [0.2, 0.25) is 0 Å². The lowest BCUT2D eigenvalue weighted by Crippen LogP contribution is -2.21. The van der Waals surface area contributed by atoms with Crippen molar-refractivity contribution in [2.24, 2.45) is 5.92 Å². The summed E-state index contributed by atoms with van der Waals surface area (Å²) in [6.07, 6.45) is 1.15. The second kappa shape index (κ2) is 1.21. The SMILES string of the molecule is CC1CC(F)C1. The van der Waals surface area contributed by atoms with Crippen LogP contribution in [-0.4, -0.2) is 6.17 Å². The van der Waals surface area contributed by atoms with Crippen molar-refractivity contribution in [3.63, 3.8) is 0 Å². The molecule has 1 rings (SSSR count). The zero-order chi connectivity index (χ0) is 4.57. The Morgan fingerprint density at radius 3 is 2.00 bits per heavy atom. The maximum absolute atomic E-state index is 11.8. The average molecular weight is 88.1 g/mol. The van der Waals surface area contributed by atoms with Gasteiger partial charge in [-0.15, -0.1) is 0 Å². The molecule has 0 aromatic carbocycles. The molecule has 1 fully saturated rings. The molecule has 0 spiro atoms. The van der Waals surface area contributed by atoms with E-state index in [0.717, 1.165) is 12.8 Å². The summed E-state index contributed by atoms with van der Waals surface area (Å²) in [7, 11) is 0. The lowest BCUT2D eigenvalue weighted by molar-refractivity contribution is 0.144. The molecule has 1 heteroatoms. The van der Waals surface area contributed by atoms with Crippen LogP contribution < -0.4 is 0 Å². The summed E-state index contributed by atoms with van der Waals surface area (Å²) < 4.78 is 11.8.